The maximum atomic E-state index is 12.3. The second-order valence-electron chi connectivity index (χ2n) is 5.70. The van der Waals surface area contributed by atoms with Gasteiger partial charge in [-0.1, -0.05) is 48.2 Å². The summed E-state index contributed by atoms with van der Waals surface area (Å²) in [5, 5.41) is 7.83. The Labute approximate surface area is 158 Å². The first-order valence-corrected chi connectivity index (χ1v) is 9.20. The van der Waals surface area contributed by atoms with Crippen molar-refractivity contribution in [3.05, 3.63) is 77.2 Å². The van der Waals surface area contributed by atoms with Crippen LogP contribution in [0.4, 0.5) is 5.69 Å². The van der Waals surface area contributed by atoms with Gasteiger partial charge in [-0.05, 0) is 24.3 Å². The van der Waals surface area contributed by atoms with Crippen LogP contribution in [-0.2, 0) is 4.79 Å². The van der Waals surface area contributed by atoms with Crippen LogP contribution in [0.2, 0.25) is 0 Å². The fourth-order valence-electron chi connectivity index (χ4n) is 2.58. The number of para-hydroxylation sites is 2. The maximum absolute atomic E-state index is 12.3. The van der Waals surface area contributed by atoms with E-state index in [9.17, 15) is 9.59 Å². The molecule has 27 heavy (non-hydrogen) atoms. The average molecular weight is 377 g/mol. The highest BCUT2D eigenvalue weighted by Gasteiger charge is 2.13. The highest BCUT2D eigenvalue weighted by atomic mass is 32.2. The lowest BCUT2D eigenvalue weighted by Gasteiger charge is -2.05. The van der Waals surface area contributed by atoms with Crippen LogP contribution < -0.4 is 10.9 Å². The van der Waals surface area contributed by atoms with Crippen LogP contribution in [0, 0.1) is 0 Å². The number of anilines is 1. The zero-order valence-corrected chi connectivity index (χ0v) is 14.9. The van der Waals surface area contributed by atoms with Crippen LogP contribution in [-0.4, -0.2) is 31.4 Å². The first-order chi connectivity index (χ1) is 13.2. The molecule has 0 spiro atoms. The van der Waals surface area contributed by atoms with Gasteiger partial charge in [0.1, 0.15) is 5.39 Å². The number of fused-ring (bicyclic) bond motifs is 1. The minimum Gasteiger partial charge on any atom is -0.325 e. The van der Waals surface area contributed by atoms with E-state index in [1.54, 1.807) is 4.68 Å². The summed E-state index contributed by atoms with van der Waals surface area (Å²) in [6.45, 7) is 0. The van der Waals surface area contributed by atoms with E-state index in [0.717, 1.165) is 23.1 Å². The van der Waals surface area contributed by atoms with Crippen LogP contribution in [0.1, 0.15) is 0 Å². The summed E-state index contributed by atoms with van der Waals surface area (Å²) in [6.07, 6.45) is 1.49. The monoisotopic (exact) mass is 377 g/mol. The number of aromatic nitrogens is 4. The van der Waals surface area contributed by atoms with Gasteiger partial charge in [0, 0.05) is 5.69 Å². The molecule has 0 aliphatic rings. The number of nitrogens with one attached hydrogen (secondary N) is 2. The first-order valence-electron chi connectivity index (χ1n) is 8.22. The standard InChI is InChI=1S/C19H15N5O2S/c25-16(21-13-7-3-1-4-8-13)12-27-19-22-17-15(18(26)23-19)11-20-24(17)14-9-5-2-6-10-14/h1-11H,12H2,(H,21,25)(H,22,23,26). The minimum atomic E-state index is -0.284. The van der Waals surface area contributed by atoms with Crippen molar-refractivity contribution in [2.24, 2.45) is 0 Å². The van der Waals surface area contributed by atoms with E-state index in [1.165, 1.54) is 6.20 Å². The fourth-order valence-corrected chi connectivity index (χ4v) is 3.23. The van der Waals surface area contributed by atoms with E-state index < -0.39 is 0 Å². The zero-order valence-electron chi connectivity index (χ0n) is 14.1. The molecule has 1 amide bonds. The maximum Gasteiger partial charge on any atom is 0.262 e. The molecule has 2 aromatic carbocycles. The van der Waals surface area contributed by atoms with Gasteiger partial charge in [0.15, 0.2) is 10.8 Å². The topological polar surface area (TPSA) is 92.7 Å². The second kappa shape index (κ2) is 7.46. The number of carbonyl (C=O) groups excluding carboxylic acids is 1. The molecule has 7 nitrogen and oxygen atoms in total. The molecule has 0 radical (unpaired) electrons. The van der Waals surface area contributed by atoms with Crippen molar-refractivity contribution in [3.8, 4) is 5.69 Å². The number of aromatic amines is 1. The van der Waals surface area contributed by atoms with E-state index in [4.69, 9.17) is 0 Å². The zero-order chi connectivity index (χ0) is 18.6. The predicted molar refractivity (Wildman–Crippen MR) is 105 cm³/mol. The van der Waals surface area contributed by atoms with Gasteiger partial charge in [-0.3, -0.25) is 9.59 Å². The molecule has 4 aromatic rings. The molecule has 0 fully saturated rings. The van der Waals surface area contributed by atoms with E-state index in [1.807, 2.05) is 60.7 Å². The predicted octanol–water partition coefficient (Wildman–Crippen LogP) is 2.84. The van der Waals surface area contributed by atoms with E-state index in [0.29, 0.717) is 16.2 Å². The molecule has 134 valence electrons. The normalized spacial score (nSPS) is 10.8. The Kier molecular flexibility index (Phi) is 4.71. The third kappa shape index (κ3) is 3.75. The summed E-state index contributed by atoms with van der Waals surface area (Å²) < 4.78 is 1.61. The Hall–Kier alpha value is -3.39. The van der Waals surface area contributed by atoms with Gasteiger partial charge in [0.05, 0.1) is 17.6 Å². The molecule has 0 atom stereocenters. The SMILES string of the molecule is O=C(CSc1nc2c(cnn2-c2ccccc2)c(=O)[nH]1)Nc1ccccc1. The molecule has 2 heterocycles. The molecule has 0 bridgehead atoms. The fraction of sp³-hybridized carbons (Fsp3) is 0.0526. The molecule has 2 N–H and O–H groups in total. The van der Waals surface area contributed by atoms with Gasteiger partial charge in [0.2, 0.25) is 5.91 Å². The van der Waals surface area contributed by atoms with Crippen molar-refractivity contribution in [2.45, 2.75) is 5.16 Å². The average Bonchev–Trinajstić information content (AvgIpc) is 3.12. The van der Waals surface area contributed by atoms with E-state index in [2.05, 4.69) is 20.4 Å². The molecule has 0 saturated heterocycles. The number of hydrogen-bond donors (Lipinski definition) is 2. The smallest absolute Gasteiger partial charge is 0.262 e. The first kappa shape index (κ1) is 17.0. The molecule has 4 rings (SSSR count). The highest BCUT2D eigenvalue weighted by Crippen LogP contribution is 2.18. The summed E-state index contributed by atoms with van der Waals surface area (Å²) in [5.41, 5.74) is 1.70. The summed E-state index contributed by atoms with van der Waals surface area (Å²) >= 11 is 1.16. The Morgan fingerprint density at radius 1 is 1.07 bits per heavy atom. The Morgan fingerprint density at radius 2 is 1.78 bits per heavy atom. The number of H-pyrrole nitrogens is 1. The van der Waals surface area contributed by atoms with E-state index >= 15 is 0 Å². The van der Waals surface area contributed by atoms with Crippen molar-refractivity contribution < 1.29 is 4.79 Å². The molecule has 0 aliphatic carbocycles. The van der Waals surface area contributed by atoms with Gasteiger partial charge < -0.3 is 10.3 Å². The van der Waals surface area contributed by atoms with Crippen molar-refractivity contribution in [1.82, 2.24) is 19.7 Å². The van der Waals surface area contributed by atoms with Crippen molar-refractivity contribution >= 4 is 34.4 Å². The number of benzene rings is 2. The van der Waals surface area contributed by atoms with Crippen molar-refractivity contribution in [2.75, 3.05) is 11.1 Å². The number of carbonyl (C=O) groups is 1. The summed E-state index contributed by atoms with van der Waals surface area (Å²) in [5.74, 6) is -0.0477. The number of amides is 1. The number of thioether (sulfide) groups is 1. The highest BCUT2D eigenvalue weighted by molar-refractivity contribution is 7.99. The third-order valence-corrected chi connectivity index (χ3v) is 4.69. The van der Waals surface area contributed by atoms with Gasteiger partial charge in [-0.15, -0.1) is 0 Å². The van der Waals surface area contributed by atoms with Crippen LogP contribution in [0.15, 0.2) is 76.8 Å². The molecule has 0 unspecified atom stereocenters. The molecular weight excluding hydrogens is 362 g/mol. The van der Waals surface area contributed by atoms with Crippen molar-refractivity contribution in [1.29, 1.82) is 0 Å². The Morgan fingerprint density at radius 3 is 2.52 bits per heavy atom. The molecule has 0 aliphatic heterocycles. The quantitative estimate of drug-likeness (QED) is 0.412. The number of rotatable bonds is 5. The number of nitrogens with zero attached hydrogens (tertiary/aromatic N) is 3. The van der Waals surface area contributed by atoms with Gasteiger partial charge >= 0.3 is 0 Å². The lowest BCUT2D eigenvalue weighted by atomic mass is 10.3. The Bertz CT molecular complexity index is 1140. The second-order valence-corrected chi connectivity index (χ2v) is 6.67. The molecule has 0 saturated carbocycles. The van der Waals surface area contributed by atoms with Crippen LogP contribution in [0.3, 0.4) is 0 Å². The van der Waals surface area contributed by atoms with E-state index in [-0.39, 0.29) is 17.2 Å². The summed E-state index contributed by atoms with van der Waals surface area (Å²) in [6, 6.07) is 18.7. The largest absolute Gasteiger partial charge is 0.325 e. The lowest BCUT2D eigenvalue weighted by molar-refractivity contribution is -0.113. The number of hydrogen-bond acceptors (Lipinski definition) is 5. The van der Waals surface area contributed by atoms with Gasteiger partial charge in [0.25, 0.3) is 5.56 Å². The lowest BCUT2D eigenvalue weighted by Crippen LogP contribution is -2.15. The molecular formula is C19H15N5O2S. The Balaban J connectivity index is 1.56. The van der Waals surface area contributed by atoms with Crippen molar-refractivity contribution in [3.63, 3.8) is 0 Å². The van der Waals surface area contributed by atoms with Crippen LogP contribution in [0.25, 0.3) is 16.7 Å². The van der Waals surface area contributed by atoms with Gasteiger partial charge in [-0.2, -0.15) is 5.10 Å². The minimum absolute atomic E-state index is 0.128. The summed E-state index contributed by atoms with van der Waals surface area (Å²) in [7, 11) is 0. The van der Waals surface area contributed by atoms with Crippen LogP contribution >= 0.6 is 11.8 Å². The summed E-state index contributed by atoms with van der Waals surface area (Å²) in [4.78, 5) is 31.6. The molecule has 8 heteroatoms. The van der Waals surface area contributed by atoms with Crippen LogP contribution in [0.5, 0.6) is 0 Å². The molecule has 2 aromatic heterocycles. The third-order valence-electron chi connectivity index (χ3n) is 3.81. The van der Waals surface area contributed by atoms with Gasteiger partial charge in [-0.25, -0.2) is 9.67 Å².